The molecule has 0 saturated heterocycles. The van der Waals surface area contributed by atoms with E-state index in [1.54, 1.807) is 0 Å². The lowest BCUT2D eigenvalue weighted by atomic mass is 10.8. The van der Waals surface area contributed by atoms with Crippen molar-refractivity contribution in [2.75, 3.05) is 0 Å². The molecule has 0 spiro atoms. The van der Waals surface area contributed by atoms with E-state index in [-0.39, 0.29) is 0 Å². The zero-order chi connectivity index (χ0) is 7.28. The molecule has 0 aromatic carbocycles. The standard InChI is InChI=1S/C4H3F4N/c5-1-3(7)9-4(8)2-6/h1-2,9H. The van der Waals surface area contributed by atoms with Crippen molar-refractivity contribution in [1.82, 2.24) is 5.32 Å². The van der Waals surface area contributed by atoms with Crippen molar-refractivity contribution < 1.29 is 17.6 Å². The van der Waals surface area contributed by atoms with Gasteiger partial charge in [-0.2, -0.15) is 8.78 Å². The minimum Gasteiger partial charge on any atom is -0.305 e. The summed E-state index contributed by atoms with van der Waals surface area (Å²) < 4.78 is 44.9. The first-order valence-electron chi connectivity index (χ1n) is 1.89. The first kappa shape index (κ1) is 8.00. The molecule has 0 bridgehead atoms. The van der Waals surface area contributed by atoms with E-state index in [0.717, 1.165) is 5.32 Å². The minimum atomic E-state index is -1.58. The van der Waals surface area contributed by atoms with Crippen LogP contribution in [0.5, 0.6) is 0 Å². The van der Waals surface area contributed by atoms with Crippen molar-refractivity contribution in [2.45, 2.75) is 0 Å². The predicted molar refractivity (Wildman–Crippen MR) is 23.7 cm³/mol. The van der Waals surface area contributed by atoms with Gasteiger partial charge in [0, 0.05) is 0 Å². The van der Waals surface area contributed by atoms with Gasteiger partial charge in [-0.3, -0.25) is 0 Å². The van der Waals surface area contributed by atoms with Crippen LogP contribution in [-0.4, -0.2) is 0 Å². The summed E-state index contributed by atoms with van der Waals surface area (Å²) >= 11 is 0. The molecule has 0 aliphatic rings. The Labute approximate surface area is 48.7 Å². The van der Waals surface area contributed by atoms with Gasteiger partial charge < -0.3 is 5.32 Å². The molecule has 0 aliphatic carbocycles. The average Bonchev–Trinajstić information content (AvgIpc) is 1.87. The maximum atomic E-state index is 11.5. The maximum absolute atomic E-state index is 11.5. The number of nitrogens with one attached hydrogen (secondary N) is 1. The number of halogens is 4. The molecule has 1 nitrogen and oxygen atoms in total. The van der Waals surface area contributed by atoms with Gasteiger partial charge in [0.15, 0.2) is 0 Å². The Morgan fingerprint density at radius 3 is 1.56 bits per heavy atom. The lowest BCUT2D eigenvalue weighted by molar-refractivity contribution is 0.463. The van der Waals surface area contributed by atoms with Crippen LogP contribution in [0.4, 0.5) is 17.6 Å². The summed E-state index contributed by atoms with van der Waals surface area (Å²) in [6.07, 6.45) is -1.05. The molecule has 0 aromatic rings. The van der Waals surface area contributed by atoms with Crippen LogP contribution in [0, 0.1) is 0 Å². The summed E-state index contributed by atoms with van der Waals surface area (Å²) in [7, 11) is 0. The second-order valence-electron chi connectivity index (χ2n) is 1.04. The summed E-state index contributed by atoms with van der Waals surface area (Å²) in [5, 5.41) is 1.12. The Hall–Kier alpha value is -1.00. The Morgan fingerprint density at radius 1 is 1.00 bits per heavy atom. The molecule has 0 atom stereocenters. The Kier molecular flexibility index (Phi) is 3.50. The highest BCUT2D eigenvalue weighted by Gasteiger charge is 1.95. The highest BCUT2D eigenvalue weighted by atomic mass is 19.2. The van der Waals surface area contributed by atoms with Gasteiger partial charge in [0.05, 0.1) is 0 Å². The van der Waals surface area contributed by atoms with Crippen LogP contribution in [0.2, 0.25) is 0 Å². The van der Waals surface area contributed by atoms with Crippen molar-refractivity contribution in [2.24, 2.45) is 0 Å². The number of rotatable bonds is 2. The van der Waals surface area contributed by atoms with Crippen LogP contribution in [0.25, 0.3) is 0 Å². The third-order valence-corrected chi connectivity index (χ3v) is 0.430. The third-order valence-electron chi connectivity index (χ3n) is 0.430. The van der Waals surface area contributed by atoms with E-state index in [4.69, 9.17) is 0 Å². The molecule has 0 fully saturated rings. The van der Waals surface area contributed by atoms with Crippen LogP contribution in [0.3, 0.4) is 0 Å². The van der Waals surface area contributed by atoms with E-state index in [2.05, 4.69) is 0 Å². The van der Waals surface area contributed by atoms with Crippen molar-refractivity contribution >= 4 is 0 Å². The van der Waals surface area contributed by atoms with Crippen LogP contribution >= 0.6 is 0 Å². The molecule has 0 unspecified atom stereocenters. The fraction of sp³-hybridized carbons (Fsp3) is 0. The zero-order valence-corrected chi connectivity index (χ0v) is 4.17. The molecule has 0 radical (unpaired) electrons. The summed E-state index contributed by atoms with van der Waals surface area (Å²) in [4.78, 5) is 0. The number of hydrogen-bond acceptors (Lipinski definition) is 1. The fourth-order valence-corrected chi connectivity index (χ4v) is 0.169. The SMILES string of the molecule is FC=C(F)NC(F)=CF. The van der Waals surface area contributed by atoms with Gasteiger partial charge in [0.25, 0.3) is 0 Å². The van der Waals surface area contributed by atoms with E-state index < -0.39 is 24.6 Å². The van der Waals surface area contributed by atoms with Gasteiger partial charge in [-0.25, -0.2) is 8.78 Å². The van der Waals surface area contributed by atoms with E-state index in [9.17, 15) is 17.6 Å². The lowest BCUT2D eigenvalue weighted by Crippen LogP contribution is -2.04. The smallest absolute Gasteiger partial charge is 0.221 e. The molecule has 0 saturated carbocycles. The van der Waals surface area contributed by atoms with Crippen LogP contribution < -0.4 is 5.32 Å². The molecular formula is C4H3F4N. The Morgan fingerprint density at radius 2 is 1.33 bits per heavy atom. The third kappa shape index (κ3) is 3.57. The maximum Gasteiger partial charge on any atom is 0.221 e. The second-order valence-corrected chi connectivity index (χ2v) is 1.04. The van der Waals surface area contributed by atoms with E-state index in [1.807, 2.05) is 0 Å². The summed E-state index contributed by atoms with van der Waals surface area (Å²) in [5.41, 5.74) is 0. The first-order chi connectivity index (χ1) is 4.20. The molecule has 0 rings (SSSR count). The van der Waals surface area contributed by atoms with Crippen LogP contribution in [0.15, 0.2) is 24.6 Å². The van der Waals surface area contributed by atoms with Gasteiger partial charge in [-0.15, -0.1) is 0 Å². The average molecular weight is 141 g/mol. The molecule has 0 aromatic heterocycles. The summed E-state index contributed by atoms with van der Waals surface area (Å²) in [6, 6.07) is 0. The molecule has 1 N–H and O–H groups in total. The van der Waals surface area contributed by atoms with Crippen molar-refractivity contribution in [1.29, 1.82) is 0 Å². The second kappa shape index (κ2) is 3.94. The summed E-state index contributed by atoms with van der Waals surface area (Å²) in [6.45, 7) is 0. The summed E-state index contributed by atoms with van der Waals surface area (Å²) in [5.74, 6) is -3.16. The highest BCUT2D eigenvalue weighted by molar-refractivity contribution is 4.94. The molecule has 5 heteroatoms. The largest absolute Gasteiger partial charge is 0.305 e. The van der Waals surface area contributed by atoms with Crippen LogP contribution in [0.1, 0.15) is 0 Å². The zero-order valence-electron chi connectivity index (χ0n) is 4.17. The van der Waals surface area contributed by atoms with Gasteiger partial charge in [0.1, 0.15) is 12.7 Å². The first-order valence-corrected chi connectivity index (χ1v) is 1.89. The van der Waals surface area contributed by atoms with Gasteiger partial charge in [-0.1, -0.05) is 0 Å². The van der Waals surface area contributed by atoms with Crippen LogP contribution in [-0.2, 0) is 0 Å². The molecule has 0 heterocycles. The van der Waals surface area contributed by atoms with Crippen molar-refractivity contribution in [3.8, 4) is 0 Å². The Balaban J connectivity index is 3.75. The molecule has 52 valence electrons. The van der Waals surface area contributed by atoms with Crippen molar-refractivity contribution in [3.05, 3.63) is 24.6 Å². The van der Waals surface area contributed by atoms with Crippen molar-refractivity contribution in [3.63, 3.8) is 0 Å². The highest BCUT2D eigenvalue weighted by Crippen LogP contribution is 1.98. The lowest BCUT2D eigenvalue weighted by Gasteiger charge is -1.92. The van der Waals surface area contributed by atoms with E-state index in [0.29, 0.717) is 0 Å². The van der Waals surface area contributed by atoms with E-state index >= 15 is 0 Å². The van der Waals surface area contributed by atoms with Gasteiger partial charge in [0.2, 0.25) is 11.9 Å². The minimum absolute atomic E-state index is 0.525. The van der Waals surface area contributed by atoms with Gasteiger partial charge in [-0.05, 0) is 0 Å². The molecule has 9 heavy (non-hydrogen) atoms. The fourth-order valence-electron chi connectivity index (χ4n) is 0.169. The number of hydrogen-bond donors (Lipinski definition) is 1. The topological polar surface area (TPSA) is 12.0 Å². The predicted octanol–water partition coefficient (Wildman–Crippen LogP) is 2.05. The Bertz CT molecular complexity index is 124. The molecule has 0 amide bonds. The monoisotopic (exact) mass is 141 g/mol. The van der Waals surface area contributed by atoms with E-state index in [1.165, 1.54) is 0 Å². The molecular weight excluding hydrogens is 138 g/mol. The van der Waals surface area contributed by atoms with Gasteiger partial charge >= 0.3 is 0 Å². The quantitative estimate of drug-likeness (QED) is 0.458. The molecule has 0 aliphatic heterocycles. The normalized spacial score (nSPS) is 13.8.